The third-order valence-corrected chi connectivity index (χ3v) is 2.86. The predicted octanol–water partition coefficient (Wildman–Crippen LogP) is 2.72. The normalized spacial score (nSPS) is 10.2. The van der Waals surface area contributed by atoms with Crippen LogP contribution in [0.5, 0.6) is 0 Å². The van der Waals surface area contributed by atoms with Crippen LogP contribution in [0.4, 0.5) is 5.69 Å². The van der Waals surface area contributed by atoms with Crippen molar-refractivity contribution in [2.45, 2.75) is 19.3 Å². The average molecular weight is 302 g/mol. The van der Waals surface area contributed by atoms with Crippen molar-refractivity contribution < 1.29 is 15.0 Å². The van der Waals surface area contributed by atoms with Crippen molar-refractivity contribution in [2.24, 2.45) is 0 Å². The number of carboxylic acid groups (broad SMARTS) is 1. The molecule has 17 heavy (non-hydrogen) atoms. The summed E-state index contributed by atoms with van der Waals surface area (Å²) in [6, 6.07) is 5.04. The van der Waals surface area contributed by atoms with E-state index in [9.17, 15) is 4.79 Å². The van der Waals surface area contributed by atoms with Gasteiger partial charge in [-0.3, -0.25) is 0 Å². The van der Waals surface area contributed by atoms with Crippen molar-refractivity contribution >= 4 is 27.6 Å². The monoisotopic (exact) mass is 301 g/mol. The van der Waals surface area contributed by atoms with Crippen molar-refractivity contribution in [3.63, 3.8) is 0 Å². The van der Waals surface area contributed by atoms with Crippen LogP contribution in [0.1, 0.15) is 29.6 Å². The highest BCUT2D eigenvalue weighted by Gasteiger charge is 2.09. The summed E-state index contributed by atoms with van der Waals surface area (Å²) in [5.41, 5.74) is 0.895. The molecule has 1 rings (SSSR count). The topological polar surface area (TPSA) is 69.6 Å². The minimum Gasteiger partial charge on any atom is -0.478 e. The molecule has 0 saturated carbocycles. The summed E-state index contributed by atoms with van der Waals surface area (Å²) in [5.74, 6) is -0.935. The maximum Gasteiger partial charge on any atom is 0.337 e. The van der Waals surface area contributed by atoms with Crippen molar-refractivity contribution in [1.82, 2.24) is 0 Å². The molecule has 0 amide bonds. The number of aliphatic hydroxyl groups excluding tert-OH is 1. The number of hydrogen-bond donors (Lipinski definition) is 3. The average Bonchev–Trinajstić information content (AvgIpc) is 2.28. The molecule has 1 aromatic rings. The van der Waals surface area contributed by atoms with E-state index in [1.54, 1.807) is 18.2 Å². The highest BCUT2D eigenvalue weighted by atomic mass is 79.9. The molecule has 0 atom stereocenters. The number of benzene rings is 1. The Labute approximate surface area is 109 Å². The van der Waals surface area contributed by atoms with Crippen molar-refractivity contribution in [2.75, 3.05) is 18.5 Å². The van der Waals surface area contributed by atoms with E-state index in [1.165, 1.54) is 0 Å². The van der Waals surface area contributed by atoms with Crippen LogP contribution < -0.4 is 5.32 Å². The molecular weight excluding hydrogens is 286 g/mol. The van der Waals surface area contributed by atoms with Gasteiger partial charge in [0.1, 0.15) is 0 Å². The molecule has 0 aliphatic heterocycles. The maximum atomic E-state index is 11.0. The first-order chi connectivity index (χ1) is 8.15. The molecule has 0 spiro atoms. The van der Waals surface area contributed by atoms with Crippen LogP contribution in [0.25, 0.3) is 0 Å². The Morgan fingerprint density at radius 2 is 2.06 bits per heavy atom. The second-order valence-corrected chi connectivity index (χ2v) is 4.62. The Morgan fingerprint density at radius 3 is 2.71 bits per heavy atom. The van der Waals surface area contributed by atoms with Crippen LogP contribution in [0.15, 0.2) is 22.7 Å². The van der Waals surface area contributed by atoms with Crippen molar-refractivity contribution in [3.8, 4) is 0 Å². The number of rotatable bonds is 7. The van der Waals surface area contributed by atoms with E-state index < -0.39 is 5.97 Å². The smallest absolute Gasteiger partial charge is 0.337 e. The summed E-state index contributed by atoms with van der Waals surface area (Å²) in [5, 5.41) is 20.7. The molecule has 1 aromatic carbocycles. The predicted molar refractivity (Wildman–Crippen MR) is 70.5 cm³/mol. The summed E-state index contributed by atoms with van der Waals surface area (Å²) in [7, 11) is 0. The summed E-state index contributed by atoms with van der Waals surface area (Å²) in [6.07, 6.45) is 2.62. The van der Waals surface area contributed by atoms with Crippen molar-refractivity contribution in [3.05, 3.63) is 28.2 Å². The molecule has 0 radical (unpaired) electrons. The number of hydrogen-bond acceptors (Lipinski definition) is 3. The van der Waals surface area contributed by atoms with Crippen LogP contribution in [0, 0.1) is 0 Å². The summed E-state index contributed by atoms with van der Waals surface area (Å²) in [4.78, 5) is 11.0. The van der Waals surface area contributed by atoms with E-state index in [0.29, 0.717) is 12.2 Å². The quantitative estimate of drug-likeness (QED) is 0.677. The van der Waals surface area contributed by atoms with E-state index in [-0.39, 0.29) is 12.2 Å². The number of anilines is 1. The molecule has 0 aliphatic rings. The second-order valence-electron chi connectivity index (χ2n) is 3.71. The third-order valence-electron chi connectivity index (χ3n) is 2.36. The van der Waals surface area contributed by atoms with Gasteiger partial charge in [0, 0.05) is 23.3 Å². The van der Waals surface area contributed by atoms with Crippen LogP contribution in [0.2, 0.25) is 0 Å². The van der Waals surface area contributed by atoms with Crippen LogP contribution in [0.3, 0.4) is 0 Å². The van der Waals surface area contributed by atoms with Crippen molar-refractivity contribution in [1.29, 1.82) is 0 Å². The molecule has 0 unspecified atom stereocenters. The largest absolute Gasteiger partial charge is 0.478 e. The van der Waals surface area contributed by atoms with E-state index in [2.05, 4.69) is 21.2 Å². The first-order valence-electron chi connectivity index (χ1n) is 5.52. The molecular formula is C12H16BrNO3. The number of aromatic carboxylic acids is 1. The lowest BCUT2D eigenvalue weighted by Crippen LogP contribution is -2.07. The second kappa shape index (κ2) is 7.29. The summed E-state index contributed by atoms with van der Waals surface area (Å²) in [6.45, 7) is 0.911. The Kier molecular flexibility index (Phi) is 6.00. The molecule has 0 aromatic heterocycles. The highest BCUT2D eigenvalue weighted by molar-refractivity contribution is 9.10. The van der Waals surface area contributed by atoms with E-state index in [4.69, 9.17) is 10.2 Å². The van der Waals surface area contributed by atoms with Gasteiger partial charge in [0.25, 0.3) is 0 Å². The lowest BCUT2D eigenvalue weighted by atomic mass is 10.1. The minimum atomic E-state index is -0.935. The molecule has 0 aliphatic carbocycles. The first kappa shape index (κ1) is 14.0. The fourth-order valence-corrected chi connectivity index (χ4v) is 1.85. The van der Waals surface area contributed by atoms with Gasteiger partial charge in [-0.1, -0.05) is 15.9 Å². The molecule has 3 N–H and O–H groups in total. The third kappa shape index (κ3) is 4.75. The van der Waals surface area contributed by atoms with Crippen LogP contribution in [-0.4, -0.2) is 29.3 Å². The molecule has 0 bridgehead atoms. The van der Waals surface area contributed by atoms with E-state index in [0.717, 1.165) is 23.7 Å². The number of unbranched alkanes of at least 4 members (excludes halogenated alkanes) is 2. The molecule has 94 valence electrons. The Balaban J connectivity index is 2.56. The zero-order valence-electron chi connectivity index (χ0n) is 9.45. The van der Waals surface area contributed by atoms with Gasteiger partial charge in [-0.25, -0.2) is 4.79 Å². The number of halogens is 1. The maximum absolute atomic E-state index is 11.0. The zero-order chi connectivity index (χ0) is 12.7. The SMILES string of the molecule is O=C(O)c1ccc(Br)cc1NCCCCCO. The van der Waals surface area contributed by atoms with Crippen LogP contribution >= 0.6 is 15.9 Å². The lowest BCUT2D eigenvalue weighted by Gasteiger charge is -2.09. The first-order valence-corrected chi connectivity index (χ1v) is 6.32. The summed E-state index contributed by atoms with van der Waals surface area (Å²) >= 11 is 3.31. The van der Waals surface area contributed by atoms with Gasteiger partial charge in [0.2, 0.25) is 0 Å². The van der Waals surface area contributed by atoms with Gasteiger partial charge >= 0.3 is 5.97 Å². The Bertz CT molecular complexity index is 382. The zero-order valence-corrected chi connectivity index (χ0v) is 11.0. The van der Waals surface area contributed by atoms with Gasteiger partial charge in [0.15, 0.2) is 0 Å². The minimum absolute atomic E-state index is 0.206. The number of aliphatic hydroxyl groups is 1. The van der Waals surface area contributed by atoms with Gasteiger partial charge < -0.3 is 15.5 Å². The Hall–Kier alpha value is -1.07. The molecule has 4 nitrogen and oxygen atoms in total. The van der Waals surface area contributed by atoms with E-state index >= 15 is 0 Å². The van der Waals surface area contributed by atoms with Gasteiger partial charge in [-0.15, -0.1) is 0 Å². The molecule has 0 fully saturated rings. The summed E-state index contributed by atoms with van der Waals surface area (Å²) < 4.78 is 0.848. The molecule has 0 saturated heterocycles. The number of carbonyl (C=O) groups is 1. The fraction of sp³-hybridized carbons (Fsp3) is 0.417. The van der Waals surface area contributed by atoms with Gasteiger partial charge in [0.05, 0.1) is 5.56 Å². The molecule has 5 heteroatoms. The van der Waals surface area contributed by atoms with E-state index in [1.807, 2.05) is 0 Å². The molecule has 0 heterocycles. The highest BCUT2D eigenvalue weighted by Crippen LogP contribution is 2.21. The number of nitrogens with one attached hydrogen (secondary N) is 1. The van der Waals surface area contributed by atoms with Gasteiger partial charge in [-0.2, -0.15) is 0 Å². The standard InChI is InChI=1S/C12H16BrNO3/c13-9-4-5-10(12(16)17)11(8-9)14-6-2-1-3-7-15/h4-5,8,14-15H,1-3,6-7H2,(H,16,17). The Morgan fingerprint density at radius 1 is 1.29 bits per heavy atom. The lowest BCUT2D eigenvalue weighted by molar-refractivity contribution is 0.0698. The van der Waals surface area contributed by atoms with Gasteiger partial charge in [-0.05, 0) is 37.5 Å². The number of carboxylic acids is 1. The fourth-order valence-electron chi connectivity index (χ4n) is 1.49. The van der Waals surface area contributed by atoms with Crippen LogP contribution in [-0.2, 0) is 0 Å².